The minimum atomic E-state index is -3.83. The highest BCUT2D eigenvalue weighted by Crippen LogP contribution is 2.30. The molecular weight excluding hydrogens is 376 g/mol. The van der Waals surface area contributed by atoms with Crippen LogP contribution in [0.1, 0.15) is 13.8 Å². The summed E-state index contributed by atoms with van der Waals surface area (Å²) in [5.74, 6) is -0.335. The lowest BCUT2D eigenvalue weighted by Crippen LogP contribution is -2.44. The molecule has 1 aliphatic rings. The summed E-state index contributed by atoms with van der Waals surface area (Å²) in [6.07, 6.45) is 0. The molecule has 1 heterocycles. The van der Waals surface area contributed by atoms with Crippen molar-refractivity contribution in [2.24, 2.45) is 5.73 Å². The Morgan fingerprint density at radius 1 is 1.33 bits per heavy atom. The van der Waals surface area contributed by atoms with E-state index in [1.807, 2.05) is 0 Å². The molecule has 1 atom stereocenters. The Bertz CT molecular complexity index is 792. The molecule has 1 aliphatic heterocycles. The van der Waals surface area contributed by atoms with Gasteiger partial charge in [0.05, 0.1) is 19.8 Å². The first-order valence-corrected chi connectivity index (χ1v) is 9.91. The fraction of sp³-hybridized carbons (Fsp3) is 0.500. The highest BCUT2D eigenvalue weighted by atomic mass is 32.2. The average molecular weight is 400 g/mol. The zero-order valence-electron chi connectivity index (χ0n) is 15.2. The van der Waals surface area contributed by atoms with E-state index >= 15 is 0 Å². The zero-order valence-corrected chi connectivity index (χ0v) is 16.0. The van der Waals surface area contributed by atoms with Crippen LogP contribution in [0.25, 0.3) is 0 Å². The van der Waals surface area contributed by atoms with Crippen molar-refractivity contribution in [1.82, 2.24) is 9.62 Å². The number of nitrogens with two attached hydrogens (primary N) is 1. The predicted octanol–water partition coefficient (Wildman–Crippen LogP) is 0.102. The molecule has 2 rings (SSSR count). The largest absolute Gasteiger partial charge is 0.492 e. The second kappa shape index (κ2) is 9.02. The van der Waals surface area contributed by atoms with Crippen molar-refractivity contribution in [3.63, 3.8) is 0 Å². The van der Waals surface area contributed by atoms with Crippen LogP contribution in [0.3, 0.4) is 0 Å². The summed E-state index contributed by atoms with van der Waals surface area (Å²) >= 11 is 0. The summed E-state index contributed by atoms with van der Waals surface area (Å²) in [4.78, 5) is 23.0. The number of nitrogens with one attached hydrogen (secondary N) is 2. The highest BCUT2D eigenvalue weighted by molar-refractivity contribution is 7.89. The number of amides is 3. The number of morpholine rings is 1. The van der Waals surface area contributed by atoms with Gasteiger partial charge in [-0.1, -0.05) is 0 Å². The molecule has 1 aromatic carbocycles. The zero-order chi connectivity index (χ0) is 20.0. The van der Waals surface area contributed by atoms with E-state index < -0.39 is 28.0 Å². The molecule has 150 valence electrons. The van der Waals surface area contributed by atoms with Crippen LogP contribution in [0.4, 0.5) is 10.5 Å². The fourth-order valence-electron chi connectivity index (χ4n) is 2.52. The van der Waals surface area contributed by atoms with Gasteiger partial charge in [-0.25, -0.2) is 13.2 Å². The summed E-state index contributed by atoms with van der Waals surface area (Å²) in [5.41, 5.74) is 5.26. The number of nitrogens with zero attached hydrogens (tertiary/aromatic N) is 1. The molecule has 4 N–H and O–H groups in total. The van der Waals surface area contributed by atoms with Gasteiger partial charge >= 0.3 is 6.03 Å². The second-order valence-corrected chi connectivity index (χ2v) is 7.74. The molecule has 0 aliphatic carbocycles. The first-order chi connectivity index (χ1) is 12.8. The van der Waals surface area contributed by atoms with Crippen molar-refractivity contribution in [3.8, 4) is 5.75 Å². The van der Waals surface area contributed by atoms with Crippen molar-refractivity contribution in [3.05, 3.63) is 18.2 Å². The fourth-order valence-corrected chi connectivity index (χ4v) is 4.08. The quantitative estimate of drug-likeness (QED) is 0.593. The standard InChI is InChI=1S/C16H24N4O6S/c1-3-26-13-5-4-12(19-15(21)11(2)18-16(17)22)10-14(13)27(23,24)20-6-8-25-9-7-20/h4-5,10-11H,3,6-9H2,1-2H3,(H,19,21)(H3,17,18,22). The van der Waals surface area contributed by atoms with Crippen molar-refractivity contribution in [2.45, 2.75) is 24.8 Å². The van der Waals surface area contributed by atoms with E-state index in [-0.39, 0.29) is 36.0 Å². The monoisotopic (exact) mass is 400 g/mol. The smallest absolute Gasteiger partial charge is 0.312 e. The number of hydrogen-bond acceptors (Lipinski definition) is 6. The molecule has 1 unspecified atom stereocenters. The van der Waals surface area contributed by atoms with E-state index in [0.29, 0.717) is 13.2 Å². The molecular formula is C16H24N4O6S. The minimum absolute atomic E-state index is 0.0421. The van der Waals surface area contributed by atoms with Crippen LogP contribution in [0.2, 0.25) is 0 Å². The third-order valence-corrected chi connectivity index (χ3v) is 5.77. The molecule has 0 aromatic heterocycles. The van der Waals surface area contributed by atoms with E-state index in [0.717, 1.165) is 0 Å². The predicted molar refractivity (Wildman–Crippen MR) is 98.0 cm³/mol. The number of primary amides is 1. The van der Waals surface area contributed by atoms with Gasteiger partial charge in [0.25, 0.3) is 0 Å². The Balaban J connectivity index is 2.30. The van der Waals surface area contributed by atoms with Crippen LogP contribution in [0.15, 0.2) is 23.1 Å². The molecule has 1 aromatic rings. The molecule has 10 nitrogen and oxygen atoms in total. The Morgan fingerprint density at radius 2 is 2.00 bits per heavy atom. The summed E-state index contributed by atoms with van der Waals surface area (Å²) in [6.45, 7) is 4.61. The Labute approximate surface area is 158 Å². The van der Waals surface area contributed by atoms with Gasteiger partial charge in [0.2, 0.25) is 15.9 Å². The molecule has 27 heavy (non-hydrogen) atoms. The van der Waals surface area contributed by atoms with Crippen molar-refractivity contribution < 1.29 is 27.5 Å². The van der Waals surface area contributed by atoms with Gasteiger partial charge in [-0.15, -0.1) is 0 Å². The number of rotatable bonds is 7. The number of benzene rings is 1. The van der Waals surface area contributed by atoms with Gasteiger partial charge in [0.1, 0.15) is 16.7 Å². The maximum Gasteiger partial charge on any atom is 0.312 e. The lowest BCUT2D eigenvalue weighted by Gasteiger charge is -2.27. The highest BCUT2D eigenvalue weighted by Gasteiger charge is 2.30. The van der Waals surface area contributed by atoms with Gasteiger partial charge in [-0.3, -0.25) is 4.79 Å². The van der Waals surface area contributed by atoms with Gasteiger partial charge in [0.15, 0.2) is 0 Å². The maximum atomic E-state index is 13.0. The SMILES string of the molecule is CCOc1ccc(NC(=O)C(C)NC(N)=O)cc1S(=O)(=O)N1CCOCC1. The topological polar surface area (TPSA) is 140 Å². The van der Waals surface area contributed by atoms with Crippen molar-refractivity contribution in [1.29, 1.82) is 0 Å². The lowest BCUT2D eigenvalue weighted by molar-refractivity contribution is -0.117. The Morgan fingerprint density at radius 3 is 2.59 bits per heavy atom. The molecule has 1 fully saturated rings. The van der Waals surface area contributed by atoms with E-state index in [1.54, 1.807) is 6.92 Å². The number of anilines is 1. The van der Waals surface area contributed by atoms with Crippen LogP contribution in [-0.2, 0) is 19.6 Å². The van der Waals surface area contributed by atoms with Crippen LogP contribution < -0.4 is 21.1 Å². The molecule has 3 amide bonds. The molecule has 11 heteroatoms. The van der Waals surface area contributed by atoms with Gasteiger partial charge in [-0.05, 0) is 32.0 Å². The number of urea groups is 1. The molecule has 0 radical (unpaired) electrons. The summed E-state index contributed by atoms with van der Waals surface area (Å²) in [7, 11) is -3.83. The van der Waals surface area contributed by atoms with Crippen molar-refractivity contribution >= 4 is 27.6 Å². The van der Waals surface area contributed by atoms with E-state index in [2.05, 4.69) is 10.6 Å². The molecule has 0 saturated carbocycles. The summed E-state index contributed by atoms with van der Waals surface area (Å²) < 4.78 is 38.0. The number of carbonyl (C=O) groups is 2. The van der Waals surface area contributed by atoms with Crippen LogP contribution in [0, 0.1) is 0 Å². The summed E-state index contributed by atoms with van der Waals surface area (Å²) in [6, 6.07) is 2.63. The molecule has 1 saturated heterocycles. The second-order valence-electron chi connectivity index (χ2n) is 5.83. The van der Waals surface area contributed by atoms with Crippen LogP contribution in [-0.4, -0.2) is 63.6 Å². The third-order valence-electron chi connectivity index (χ3n) is 3.85. The average Bonchev–Trinajstić information content (AvgIpc) is 2.63. The van der Waals surface area contributed by atoms with Crippen LogP contribution in [0.5, 0.6) is 5.75 Å². The number of ether oxygens (including phenoxy) is 2. The Hall–Kier alpha value is -2.37. The lowest BCUT2D eigenvalue weighted by atomic mass is 10.2. The third kappa shape index (κ3) is 5.31. The van der Waals surface area contributed by atoms with Crippen LogP contribution >= 0.6 is 0 Å². The molecule has 0 spiro atoms. The van der Waals surface area contributed by atoms with E-state index in [9.17, 15) is 18.0 Å². The van der Waals surface area contributed by atoms with E-state index in [1.165, 1.54) is 29.4 Å². The van der Waals surface area contributed by atoms with Crippen molar-refractivity contribution in [2.75, 3.05) is 38.2 Å². The summed E-state index contributed by atoms with van der Waals surface area (Å²) in [5, 5.41) is 4.81. The molecule has 0 bridgehead atoms. The minimum Gasteiger partial charge on any atom is -0.492 e. The van der Waals surface area contributed by atoms with Gasteiger partial charge in [-0.2, -0.15) is 4.31 Å². The first-order valence-electron chi connectivity index (χ1n) is 8.47. The normalized spacial score (nSPS) is 16.4. The number of carbonyl (C=O) groups excluding carboxylic acids is 2. The number of hydrogen-bond donors (Lipinski definition) is 3. The number of sulfonamides is 1. The maximum absolute atomic E-state index is 13.0. The van der Waals surface area contributed by atoms with Gasteiger partial charge in [0, 0.05) is 18.8 Å². The first kappa shape index (κ1) is 20.9. The Kier molecular flexibility index (Phi) is 6.99. The van der Waals surface area contributed by atoms with Gasteiger partial charge < -0.3 is 25.8 Å². The van der Waals surface area contributed by atoms with E-state index in [4.69, 9.17) is 15.2 Å².